The topological polar surface area (TPSA) is 27.1 Å². The third-order valence-corrected chi connectivity index (χ3v) is 3.05. The van der Waals surface area contributed by atoms with Crippen LogP contribution in [0.2, 0.25) is 0 Å². The molecule has 0 aliphatic rings. The number of rotatable bonds is 3. The van der Waals surface area contributed by atoms with E-state index in [2.05, 4.69) is 40.0 Å². The summed E-state index contributed by atoms with van der Waals surface area (Å²) in [5.41, 5.74) is 2.41. The summed E-state index contributed by atoms with van der Waals surface area (Å²) in [5, 5.41) is 1.19. The van der Waals surface area contributed by atoms with Crippen LogP contribution in [0, 0.1) is 0 Å². The van der Waals surface area contributed by atoms with Crippen molar-refractivity contribution in [1.29, 1.82) is 0 Å². The molecule has 2 aromatic heterocycles. The minimum absolute atomic E-state index is 0.837. The van der Waals surface area contributed by atoms with E-state index in [1.807, 2.05) is 18.3 Å². The smallest absolute Gasteiger partial charge is 0.119 e. The van der Waals surface area contributed by atoms with Gasteiger partial charge in [0.05, 0.1) is 7.11 Å². The molecule has 0 saturated heterocycles. The summed E-state index contributed by atoms with van der Waals surface area (Å²) in [4.78, 5) is 4.14. The molecular formula is C15H14N2O. The molecule has 0 aliphatic heterocycles. The van der Waals surface area contributed by atoms with Crippen molar-refractivity contribution in [2.45, 2.75) is 6.54 Å². The predicted octanol–water partition coefficient (Wildman–Crippen LogP) is 3.09. The Hall–Kier alpha value is -2.29. The fraction of sp³-hybridized carbons (Fsp3) is 0.133. The molecule has 0 saturated carbocycles. The molecule has 0 atom stereocenters. The lowest BCUT2D eigenvalue weighted by molar-refractivity contribution is 0.415. The fourth-order valence-electron chi connectivity index (χ4n) is 2.13. The molecule has 3 heteroatoms. The van der Waals surface area contributed by atoms with E-state index in [0.717, 1.165) is 12.3 Å². The van der Waals surface area contributed by atoms with Gasteiger partial charge in [-0.3, -0.25) is 4.98 Å². The number of hydrogen-bond donors (Lipinski definition) is 0. The van der Waals surface area contributed by atoms with E-state index in [0.29, 0.717) is 0 Å². The number of hydrogen-bond acceptors (Lipinski definition) is 2. The van der Waals surface area contributed by atoms with Gasteiger partial charge >= 0.3 is 0 Å². The van der Waals surface area contributed by atoms with Gasteiger partial charge in [0.15, 0.2) is 0 Å². The van der Waals surface area contributed by atoms with Crippen molar-refractivity contribution in [3.05, 3.63) is 60.6 Å². The quantitative estimate of drug-likeness (QED) is 0.701. The summed E-state index contributed by atoms with van der Waals surface area (Å²) in [5.74, 6) is 0.890. The first kappa shape index (κ1) is 10.8. The lowest BCUT2D eigenvalue weighted by Gasteiger charge is -2.06. The molecule has 3 nitrogen and oxygen atoms in total. The molecule has 2 heterocycles. The number of nitrogens with zero attached hydrogens (tertiary/aromatic N) is 2. The number of pyridine rings is 1. The van der Waals surface area contributed by atoms with E-state index < -0.39 is 0 Å². The molecule has 3 aromatic rings. The third kappa shape index (κ3) is 1.95. The molecule has 0 fully saturated rings. The van der Waals surface area contributed by atoms with Crippen molar-refractivity contribution < 1.29 is 4.74 Å². The highest BCUT2D eigenvalue weighted by molar-refractivity contribution is 5.81. The van der Waals surface area contributed by atoms with Crippen LogP contribution < -0.4 is 4.74 Å². The predicted molar refractivity (Wildman–Crippen MR) is 71.8 cm³/mol. The maximum Gasteiger partial charge on any atom is 0.119 e. The monoisotopic (exact) mass is 238 g/mol. The molecule has 0 unspecified atom stereocenters. The van der Waals surface area contributed by atoms with Crippen LogP contribution in [0.4, 0.5) is 0 Å². The zero-order valence-corrected chi connectivity index (χ0v) is 10.2. The molecule has 0 bridgehead atoms. The molecule has 1 aromatic carbocycles. The van der Waals surface area contributed by atoms with Crippen LogP contribution in [0.3, 0.4) is 0 Å². The maximum absolute atomic E-state index is 5.23. The van der Waals surface area contributed by atoms with Gasteiger partial charge in [-0.1, -0.05) is 6.07 Å². The van der Waals surface area contributed by atoms with E-state index in [4.69, 9.17) is 4.74 Å². The van der Waals surface area contributed by atoms with Gasteiger partial charge in [0.2, 0.25) is 0 Å². The molecule has 0 radical (unpaired) electrons. The second kappa shape index (κ2) is 4.53. The van der Waals surface area contributed by atoms with Crippen LogP contribution >= 0.6 is 0 Å². The second-order valence-corrected chi connectivity index (χ2v) is 4.23. The van der Waals surface area contributed by atoms with Gasteiger partial charge in [0.1, 0.15) is 5.75 Å². The summed E-state index contributed by atoms with van der Waals surface area (Å²) in [6.07, 6.45) is 5.79. The second-order valence-electron chi connectivity index (χ2n) is 4.23. The molecule has 18 heavy (non-hydrogen) atoms. The first-order valence-corrected chi connectivity index (χ1v) is 5.88. The lowest BCUT2D eigenvalue weighted by atomic mass is 10.2. The zero-order chi connectivity index (χ0) is 12.4. The Kier molecular flexibility index (Phi) is 2.73. The summed E-state index contributed by atoms with van der Waals surface area (Å²) in [7, 11) is 1.69. The van der Waals surface area contributed by atoms with Gasteiger partial charge in [0.25, 0.3) is 0 Å². The number of aromatic nitrogens is 2. The Morgan fingerprint density at radius 2 is 2.17 bits per heavy atom. The van der Waals surface area contributed by atoms with Crippen LogP contribution in [0.1, 0.15) is 5.56 Å². The number of fused-ring (bicyclic) bond motifs is 1. The van der Waals surface area contributed by atoms with Gasteiger partial charge in [-0.05, 0) is 35.9 Å². The Morgan fingerprint density at radius 1 is 1.22 bits per heavy atom. The normalized spacial score (nSPS) is 10.7. The van der Waals surface area contributed by atoms with E-state index in [9.17, 15) is 0 Å². The van der Waals surface area contributed by atoms with E-state index in [1.165, 1.54) is 16.5 Å². The fourth-order valence-corrected chi connectivity index (χ4v) is 2.13. The van der Waals surface area contributed by atoms with Gasteiger partial charge in [0, 0.05) is 36.0 Å². The van der Waals surface area contributed by atoms with Crippen LogP contribution in [0.15, 0.2) is 55.0 Å². The molecule has 90 valence electrons. The van der Waals surface area contributed by atoms with Gasteiger partial charge in [-0.15, -0.1) is 0 Å². The van der Waals surface area contributed by atoms with Gasteiger partial charge in [-0.2, -0.15) is 0 Å². The average molecular weight is 238 g/mol. The summed E-state index contributed by atoms with van der Waals surface area (Å²) in [6.45, 7) is 0.837. The van der Waals surface area contributed by atoms with Gasteiger partial charge < -0.3 is 9.30 Å². The largest absolute Gasteiger partial charge is 0.497 e. The van der Waals surface area contributed by atoms with E-state index >= 15 is 0 Å². The molecule has 3 rings (SSSR count). The lowest BCUT2D eigenvalue weighted by Crippen LogP contribution is -1.97. The Balaban J connectivity index is 1.98. The summed E-state index contributed by atoms with van der Waals surface area (Å²) in [6, 6.07) is 12.3. The average Bonchev–Trinajstić information content (AvgIpc) is 2.82. The minimum Gasteiger partial charge on any atom is -0.497 e. The highest BCUT2D eigenvalue weighted by Crippen LogP contribution is 2.22. The van der Waals surface area contributed by atoms with Crippen molar-refractivity contribution in [1.82, 2.24) is 9.55 Å². The Bertz CT molecular complexity index is 659. The van der Waals surface area contributed by atoms with Gasteiger partial charge in [-0.25, -0.2) is 0 Å². The van der Waals surface area contributed by atoms with Crippen LogP contribution in [0.5, 0.6) is 5.75 Å². The Morgan fingerprint density at radius 3 is 2.94 bits per heavy atom. The summed E-state index contributed by atoms with van der Waals surface area (Å²) < 4.78 is 7.44. The SMILES string of the molecule is COc1ccc2c(ccn2Cc2cccnc2)c1. The molecule has 0 amide bonds. The third-order valence-electron chi connectivity index (χ3n) is 3.05. The van der Waals surface area contributed by atoms with Crippen molar-refractivity contribution >= 4 is 10.9 Å². The highest BCUT2D eigenvalue weighted by Gasteiger charge is 2.03. The number of ether oxygens (including phenoxy) is 1. The highest BCUT2D eigenvalue weighted by atomic mass is 16.5. The minimum atomic E-state index is 0.837. The molecule has 0 N–H and O–H groups in total. The number of methoxy groups -OCH3 is 1. The maximum atomic E-state index is 5.23. The van der Waals surface area contributed by atoms with E-state index in [-0.39, 0.29) is 0 Å². The van der Waals surface area contributed by atoms with Crippen molar-refractivity contribution in [3.8, 4) is 5.75 Å². The molecule has 0 spiro atoms. The van der Waals surface area contributed by atoms with Crippen molar-refractivity contribution in [2.24, 2.45) is 0 Å². The Labute approximate surface area is 106 Å². The van der Waals surface area contributed by atoms with Crippen molar-refractivity contribution in [3.63, 3.8) is 0 Å². The zero-order valence-electron chi connectivity index (χ0n) is 10.2. The number of benzene rings is 1. The van der Waals surface area contributed by atoms with Crippen molar-refractivity contribution in [2.75, 3.05) is 7.11 Å². The van der Waals surface area contributed by atoms with E-state index in [1.54, 1.807) is 13.3 Å². The molecular weight excluding hydrogens is 224 g/mol. The van der Waals surface area contributed by atoms with Crippen LogP contribution in [-0.4, -0.2) is 16.7 Å². The first-order valence-electron chi connectivity index (χ1n) is 5.88. The van der Waals surface area contributed by atoms with Crippen LogP contribution in [-0.2, 0) is 6.54 Å². The first-order chi connectivity index (χ1) is 8.86. The molecule has 0 aliphatic carbocycles. The standard InChI is InChI=1S/C15H14N2O/c1-18-14-4-5-15-13(9-14)6-8-17(15)11-12-3-2-7-16-10-12/h2-10H,11H2,1H3. The summed E-state index contributed by atoms with van der Waals surface area (Å²) >= 11 is 0. The van der Waals surface area contributed by atoms with Crippen LogP contribution in [0.25, 0.3) is 10.9 Å².